The SMILES string of the molecule is CCCCCCCSc1ccc(-c2ccc(S[C@H](C)C(=O)O)cc2)cc1. The third-order valence-electron chi connectivity index (χ3n) is 4.22. The fourth-order valence-corrected chi connectivity index (χ4v) is 4.33. The maximum absolute atomic E-state index is 10.9. The van der Waals surface area contributed by atoms with Gasteiger partial charge >= 0.3 is 5.97 Å². The van der Waals surface area contributed by atoms with Crippen LogP contribution in [0.4, 0.5) is 0 Å². The number of unbranched alkanes of at least 4 members (excludes halogenated alkanes) is 4. The molecule has 0 heterocycles. The molecule has 0 unspecified atom stereocenters. The van der Waals surface area contributed by atoms with E-state index in [0.717, 1.165) is 10.5 Å². The van der Waals surface area contributed by atoms with E-state index in [1.54, 1.807) is 6.92 Å². The topological polar surface area (TPSA) is 37.3 Å². The van der Waals surface area contributed by atoms with Gasteiger partial charge in [-0.2, -0.15) is 0 Å². The number of rotatable bonds is 11. The number of aliphatic carboxylic acids is 1. The van der Waals surface area contributed by atoms with Crippen LogP contribution in [0.1, 0.15) is 46.0 Å². The van der Waals surface area contributed by atoms with Crippen molar-refractivity contribution >= 4 is 29.5 Å². The van der Waals surface area contributed by atoms with E-state index >= 15 is 0 Å². The quantitative estimate of drug-likeness (QED) is 0.333. The standard InChI is InChI=1S/C22H28O2S2/c1-3-4-5-6-7-16-25-20-12-8-18(9-13-20)19-10-14-21(15-11-19)26-17(2)22(23)24/h8-15,17H,3-7,16H2,1-2H3,(H,23,24)/t17-/m1/s1. The number of carboxylic acids is 1. The predicted octanol–water partition coefficient (Wildman–Crippen LogP) is 6.98. The monoisotopic (exact) mass is 388 g/mol. The van der Waals surface area contributed by atoms with Gasteiger partial charge in [0.25, 0.3) is 0 Å². The Labute approximate surface area is 165 Å². The van der Waals surface area contributed by atoms with Gasteiger partial charge in [-0.15, -0.1) is 23.5 Å². The van der Waals surface area contributed by atoms with Gasteiger partial charge in [-0.05, 0) is 54.5 Å². The molecule has 2 aromatic carbocycles. The Bertz CT molecular complexity index is 666. The third kappa shape index (κ3) is 7.08. The summed E-state index contributed by atoms with van der Waals surface area (Å²) in [7, 11) is 0. The van der Waals surface area contributed by atoms with Crippen molar-refractivity contribution in [2.75, 3.05) is 5.75 Å². The van der Waals surface area contributed by atoms with Gasteiger partial charge in [-0.3, -0.25) is 4.79 Å². The van der Waals surface area contributed by atoms with Gasteiger partial charge < -0.3 is 5.11 Å². The maximum Gasteiger partial charge on any atom is 0.316 e. The molecule has 2 rings (SSSR count). The summed E-state index contributed by atoms with van der Waals surface area (Å²) in [6, 6.07) is 16.8. The van der Waals surface area contributed by atoms with Crippen LogP contribution in [-0.2, 0) is 4.79 Å². The highest BCUT2D eigenvalue weighted by Gasteiger charge is 2.12. The van der Waals surface area contributed by atoms with E-state index in [1.807, 2.05) is 23.9 Å². The van der Waals surface area contributed by atoms with Crippen LogP contribution in [0.2, 0.25) is 0 Å². The number of thioether (sulfide) groups is 2. The highest BCUT2D eigenvalue weighted by atomic mass is 32.2. The summed E-state index contributed by atoms with van der Waals surface area (Å²) in [5.41, 5.74) is 2.36. The van der Waals surface area contributed by atoms with Crippen molar-refractivity contribution in [1.29, 1.82) is 0 Å². The Hall–Kier alpha value is -1.39. The van der Waals surface area contributed by atoms with E-state index in [9.17, 15) is 4.79 Å². The molecule has 0 fully saturated rings. The summed E-state index contributed by atoms with van der Waals surface area (Å²) in [6.07, 6.45) is 6.64. The molecule has 2 nitrogen and oxygen atoms in total. The van der Waals surface area contributed by atoms with Crippen molar-refractivity contribution in [2.24, 2.45) is 0 Å². The van der Waals surface area contributed by atoms with Crippen LogP contribution < -0.4 is 0 Å². The lowest BCUT2D eigenvalue weighted by atomic mass is 10.1. The number of carbonyl (C=O) groups is 1. The Kier molecular flexibility index (Phi) is 9.13. The Morgan fingerprint density at radius 1 is 0.885 bits per heavy atom. The number of carboxylic acid groups (broad SMARTS) is 1. The van der Waals surface area contributed by atoms with Crippen molar-refractivity contribution in [2.45, 2.75) is 61.0 Å². The molecule has 0 saturated carbocycles. The first-order valence-corrected chi connectivity index (χ1v) is 11.2. The van der Waals surface area contributed by atoms with Crippen LogP contribution in [0, 0.1) is 0 Å². The summed E-state index contributed by atoms with van der Waals surface area (Å²) < 4.78 is 0. The Morgan fingerprint density at radius 3 is 1.96 bits per heavy atom. The molecule has 140 valence electrons. The minimum Gasteiger partial charge on any atom is -0.480 e. The van der Waals surface area contributed by atoms with Gasteiger partial charge in [-0.1, -0.05) is 56.9 Å². The number of hydrogen-bond donors (Lipinski definition) is 1. The maximum atomic E-state index is 10.9. The molecular weight excluding hydrogens is 360 g/mol. The lowest BCUT2D eigenvalue weighted by Crippen LogP contribution is -2.10. The van der Waals surface area contributed by atoms with E-state index in [0.29, 0.717) is 0 Å². The van der Waals surface area contributed by atoms with Gasteiger partial charge in [0.2, 0.25) is 0 Å². The van der Waals surface area contributed by atoms with Gasteiger partial charge in [-0.25, -0.2) is 0 Å². The molecule has 0 aliphatic rings. The van der Waals surface area contributed by atoms with Crippen LogP contribution in [0.25, 0.3) is 11.1 Å². The van der Waals surface area contributed by atoms with E-state index < -0.39 is 11.2 Å². The van der Waals surface area contributed by atoms with E-state index in [2.05, 4.69) is 43.3 Å². The van der Waals surface area contributed by atoms with Crippen LogP contribution in [-0.4, -0.2) is 22.1 Å². The lowest BCUT2D eigenvalue weighted by Gasteiger charge is -2.08. The molecule has 1 atom stereocenters. The average molecular weight is 389 g/mol. The zero-order chi connectivity index (χ0) is 18.8. The molecule has 0 aliphatic carbocycles. The smallest absolute Gasteiger partial charge is 0.316 e. The van der Waals surface area contributed by atoms with Crippen molar-refractivity contribution in [3.8, 4) is 11.1 Å². The molecule has 0 saturated heterocycles. The van der Waals surface area contributed by atoms with Gasteiger partial charge in [0.1, 0.15) is 5.25 Å². The molecule has 0 aliphatic heterocycles. The minimum absolute atomic E-state index is 0.431. The summed E-state index contributed by atoms with van der Waals surface area (Å²) in [5.74, 6) is 0.411. The fraction of sp³-hybridized carbons (Fsp3) is 0.409. The molecular formula is C22H28O2S2. The van der Waals surface area contributed by atoms with Crippen LogP contribution in [0.3, 0.4) is 0 Å². The van der Waals surface area contributed by atoms with E-state index in [4.69, 9.17) is 5.11 Å². The highest BCUT2D eigenvalue weighted by Crippen LogP contribution is 2.28. The highest BCUT2D eigenvalue weighted by molar-refractivity contribution is 8.00. The molecule has 0 bridgehead atoms. The molecule has 26 heavy (non-hydrogen) atoms. The molecule has 0 spiro atoms. The molecule has 0 radical (unpaired) electrons. The zero-order valence-corrected chi connectivity index (χ0v) is 17.2. The normalized spacial score (nSPS) is 12.1. The van der Waals surface area contributed by atoms with Crippen molar-refractivity contribution in [3.05, 3.63) is 48.5 Å². The van der Waals surface area contributed by atoms with E-state index in [1.165, 1.54) is 60.1 Å². The second kappa shape index (κ2) is 11.3. The van der Waals surface area contributed by atoms with Gasteiger partial charge in [0.05, 0.1) is 0 Å². The van der Waals surface area contributed by atoms with Crippen LogP contribution in [0.15, 0.2) is 58.3 Å². The van der Waals surface area contributed by atoms with E-state index in [-0.39, 0.29) is 0 Å². The molecule has 1 N–H and O–H groups in total. The predicted molar refractivity (Wildman–Crippen MR) is 114 cm³/mol. The number of benzene rings is 2. The van der Waals surface area contributed by atoms with Crippen LogP contribution >= 0.6 is 23.5 Å². The van der Waals surface area contributed by atoms with Gasteiger partial charge in [0, 0.05) is 9.79 Å². The average Bonchev–Trinajstić information content (AvgIpc) is 2.65. The van der Waals surface area contributed by atoms with Crippen molar-refractivity contribution < 1.29 is 9.90 Å². The first kappa shape index (κ1) is 20.9. The second-order valence-corrected chi connectivity index (χ2v) is 8.99. The first-order chi connectivity index (χ1) is 12.6. The molecule has 2 aromatic rings. The summed E-state index contributed by atoms with van der Waals surface area (Å²) in [5, 5.41) is 8.56. The summed E-state index contributed by atoms with van der Waals surface area (Å²) in [6.45, 7) is 3.96. The van der Waals surface area contributed by atoms with Crippen LogP contribution in [0.5, 0.6) is 0 Å². The molecule has 0 amide bonds. The van der Waals surface area contributed by atoms with Gasteiger partial charge in [0.15, 0.2) is 0 Å². The Morgan fingerprint density at radius 2 is 1.42 bits per heavy atom. The lowest BCUT2D eigenvalue weighted by molar-refractivity contribution is -0.136. The zero-order valence-electron chi connectivity index (χ0n) is 15.6. The minimum atomic E-state index is -0.780. The fourth-order valence-electron chi connectivity index (χ4n) is 2.62. The third-order valence-corrected chi connectivity index (χ3v) is 6.42. The Balaban J connectivity index is 1.84. The molecule has 0 aromatic heterocycles. The first-order valence-electron chi connectivity index (χ1n) is 9.33. The largest absolute Gasteiger partial charge is 0.480 e. The number of hydrogen-bond acceptors (Lipinski definition) is 3. The van der Waals surface area contributed by atoms with Crippen molar-refractivity contribution in [1.82, 2.24) is 0 Å². The second-order valence-electron chi connectivity index (χ2n) is 6.41. The summed E-state index contributed by atoms with van der Waals surface area (Å²) in [4.78, 5) is 13.3. The summed E-state index contributed by atoms with van der Waals surface area (Å²) >= 11 is 3.31. The molecule has 4 heteroatoms. The van der Waals surface area contributed by atoms with Crippen molar-refractivity contribution in [3.63, 3.8) is 0 Å².